The summed E-state index contributed by atoms with van der Waals surface area (Å²) in [5.74, 6) is -0.492. The number of nitrogens with zero attached hydrogens (tertiary/aromatic N) is 2. The molecule has 2 rings (SSSR count). The van der Waals surface area contributed by atoms with E-state index in [2.05, 4.69) is 9.72 Å². The zero-order chi connectivity index (χ0) is 14.0. The van der Waals surface area contributed by atoms with Gasteiger partial charge in [-0.2, -0.15) is 0 Å². The monoisotopic (exact) mass is 262 g/mol. The lowest BCUT2D eigenvalue weighted by Crippen LogP contribution is -2.05. The topological polar surface area (TPSA) is 91.6 Å². The molecular formula is C12H10N2O5. The Labute approximate surface area is 107 Å². The predicted molar refractivity (Wildman–Crippen MR) is 66.3 cm³/mol. The van der Waals surface area contributed by atoms with Gasteiger partial charge in [0.05, 0.1) is 24.7 Å². The number of hydrogen-bond donors (Lipinski definition) is 0. The number of hydrogen-bond acceptors (Lipinski definition) is 6. The summed E-state index contributed by atoms with van der Waals surface area (Å²) in [4.78, 5) is 26.1. The Hall–Kier alpha value is -2.70. The molecule has 0 spiro atoms. The van der Waals surface area contributed by atoms with Crippen molar-refractivity contribution in [2.24, 2.45) is 0 Å². The van der Waals surface area contributed by atoms with E-state index in [4.69, 9.17) is 4.74 Å². The van der Waals surface area contributed by atoms with Crippen LogP contribution in [0.5, 0.6) is 5.88 Å². The number of rotatable bonds is 3. The molecule has 0 radical (unpaired) electrons. The summed E-state index contributed by atoms with van der Waals surface area (Å²) >= 11 is 0. The fourth-order valence-corrected chi connectivity index (χ4v) is 1.74. The quantitative estimate of drug-likeness (QED) is 0.477. The van der Waals surface area contributed by atoms with Crippen LogP contribution in [0.1, 0.15) is 10.4 Å². The summed E-state index contributed by atoms with van der Waals surface area (Å²) in [6.07, 6.45) is 0. The number of nitro benzene ring substituents is 1. The van der Waals surface area contributed by atoms with Gasteiger partial charge >= 0.3 is 5.97 Å². The van der Waals surface area contributed by atoms with Crippen molar-refractivity contribution in [1.82, 2.24) is 4.98 Å². The largest absolute Gasteiger partial charge is 0.481 e. The van der Waals surface area contributed by atoms with Crippen LogP contribution in [-0.2, 0) is 4.74 Å². The maximum Gasteiger partial charge on any atom is 0.338 e. The summed E-state index contributed by atoms with van der Waals surface area (Å²) in [6.45, 7) is 0. The van der Waals surface area contributed by atoms with Crippen molar-refractivity contribution in [3.8, 4) is 5.88 Å². The van der Waals surface area contributed by atoms with Crippen molar-refractivity contribution in [2.45, 2.75) is 0 Å². The number of non-ortho nitro benzene ring substituents is 1. The number of esters is 1. The van der Waals surface area contributed by atoms with Crippen molar-refractivity contribution in [2.75, 3.05) is 14.2 Å². The summed E-state index contributed by atoms with van der Waals surface area (Å²) in [5, 5.41) is 11.3. The first kappa shape index (κ1) is 12.7. The predicted octanol–water partition coefficient (Wildman–Crippen LogP) is 1.94. The lowest BCUT2D eigenvalue weighted by Gasteiger charge is -2.07. The van der Waals surface area contributed by atoms with E-state index in [1.54, 1.807) is 6.07 Å². The number of pyridine rings is 1. The Balaban J connectivity index is 2.85. The van der Waals surface area contributed by atoms with Gasteiger partial charge in [0.2, 0.25) is 5.88 Å². The van der Waals surface area contributed by atoms with Crippen LogP contribution in [0, 0.1) is 10.1 Å². The molecule has 0 aliphatic rings. The van der Waals surface area contributed by atoms with E-state index in [-0.39, 0.29) is 22.6 Å². The number of carbonyl (C=O) groups excluding carboxylic acids is 1. The average Bonchev–Trinajstić information content (AvgIpc) is 2.44. The fourth-order valence-electron chi connectivity index (χ4n) is 1.74. The van der Waals surface area contributed by atoms with Gasteiger partial charge in [0, 0.05) is 17.5 Å². The molecule has 0 amide bonds. The first-order chi connectivity index (χ1) is 9.08. The van der Waals surface area contributed by atoms with Gasteiger partial charge in [-0.1, -0.05) is 12.1 Å². The summed E-state index contributed by atoms with van der Waals surface area (Å²) in [6, 6.07) is 5.76. The molecule has 0 bridgehead atoms. The van der Waals surface area contributed by atoms with Gasteiger partial charge in [-0.15, -0.1) is 0 Å². The highest BCUT2D eigenvalue weighted by molar-refractivity contribution is 6.05. The molecule has 0 saturated carbocycles. The number of ether oxygens (including phenoxy) is 2. The van der Waals surface area contributed by atoms with Gasteiger partial charge in [-0.05, 0) is 0 Å². The van der Waals surface area contributed by atoms with Gasteiger partial charge in [0.15, 0.2) is 5.52 Å². The van der Waals surface area contributed by atoms with Crippen molar-refractivity contribution in [1.29, 1.82) is 0 Å². The third-order valence-electron chi connectivity index (χ3n) is 2.61. The zero-order valence-electron chi connectivity index (χ0n) is 10.2. The van der Waals surface area contributed by atoms with E-state index in [9.17, 15) is 14.9 Å². The number of methoxy groups -OCH3 is 2. The van der Waals surface area contributed by atoms with Crippen LogP contribution in [0.4, 0.5) is 5.69 Å². The number of benzene rings is 1. The maximum atomic E-state index is 11.7. The Morgan fingerprint density at radius 2 is 2.11 bits per heavy atom. The minimum absolute atomic E-state index is 0.0900. The highest BCUT2D eigenvalue weighted by Crippen LogP contribution is 2.29. The number of para-hydroxylation sites is 1. The Morgan fingerprint density at radius 3 is 2.68 bits per heavy atom. The third-order valence-corrected chi connectivity index (χ3v) is 2.61. The summed E-state index contributed by atoms with van der Waals surface area (Å²) < 4.78 is 9.60. The normalized spacial score (nSPS) is 10.2. The molecule has 7 heteroatoms. The van der Waals surface area contributed by atoms with Gasteiger partial charge in [0.1, 0.15) is 0 Å². The molecule has 1 aromatic heterocycles. The van der Waals surface area contributed by atoms with E-state index in [1.165, 1.54) is 32.4 Å². The van der Waals surface area contributed by atoms with E-state index in [1.807, 2.05) is 0 Å². The first-order valence-corrected chi connectivity index (χ1v) is 5.29. The van der Waals surface area contributed by atoms with Gasteiger partial charge in [-0.3, -0.25) is 10.1 Å². The standard InChI is InChI=1S/C12H10N2O5/c1-18-10-6-8(12(15)19-2)7-4-3-5-9(14(16)17)11(7)13-10/h3-6H,1-2H3. The summed E-state index contributed by atoms with van der Waals surface area (Å²) in [7, 11) is 2.60. The number of carbonyl (C=O) groups is 1. The van der Waals surface area contributed by atoms with Crippen LogP contribution < -0.4 is 4.74 Å². The van der Waals surface area contributed by atoms with E-state index >= 15 is 0 Å². The number of nitro groups is 1. The molecular weight excluding hydrogens is 252 g/mol. The van der Waals surface area contributed by atoms with E-state index < -0.39 is 10.9 Å². The maximum absolute atomic E-state index is 11.7. The molecule has 0 unspecified atom stereocenters. The highest BCUT2D eigenvalue weighted by atomic mass is 16.6. The minimum Gasteiger partial charge on any atom is -0.481 e. The van der Waals surface area contributed by atoms with Crippen molar-refractivity contribution in [3.63, 3.8) is 0 Å². The van der Waals surface area contributed by atoms with Crippen molar-refractivity contribution in [3.05, 3.63) is 39.9 Å². The van der Waals surface area contributed by atoms with Crippen LogP contribution in [0.25, 0.3) is 10.9 Å². The van der Waals surface area contributed by atoms with Gasteiger partial charge < -0.3 is 9.47 Å². The van der Waals surface area contributed by atoms with Crippen LogP contribution in [0.2, 0.25) is 0 Å². The molecule has 0 aliphatic heterocycles. The molecule has 0 fully saturated rings. The molecule has 1 aromatic carbocycles. The Morgan fingerprint density at radius 1 is 1.37 bits per heavy atom. The van der Waals surface area contributed by atoms with Crippen LogP contribution in [0.15, 0.2) is 24.3 Å². The lowest BCUT2D eigenvalue weighted by atomic mass is 10.1. The van der Waals surface area contributed by atoms with Crippen LogP contribution in [0.3, 0.4) is 0 Å². The SMILES string of the molecule is COC(=O)c1cc(OC)nc2c([N+](=O)[O-])cccc12. The minimum atomic E-state index is -0.605. The first-order valence-electron chi connectivity index (χ1n) is 5.29. The second-order valence-electron chi connectivity index (χ2n) is 3.63. The zero-order valence-corrected chi connectivity index (χ0v) is 10.2. The summed E-state index contributed by atoms with van der Waals surface area (Å²) in [5.41, 5.74) is 0.0712. The van der Waals surface area contributed by atoms with E-state index in [0.717, 1.165) is 0 Å². The van der Waals surface area contributed by atoms with Gasteiger partial charge in [-0.25, -0.2) is 9.78 Å². The number of aromatic nitrogens is 1. The van der Waals surface area contributed by atoms with Crippen LogP contribution >= 0.6 is 0 Å². The van der Waals surface area contributed by atoms with Gasteiger partial charge in [0.25, 0.3) is 5.69 Å². The Kier molecular flexibility index (Phi) is 3.28. The van der Waals surface area contributed by atoms with E-state index in [0.29, 0.717) is 5.39 Å². The molecule has 0 aliphatic carbocycles. The van der Waals surface area contributed by atoms with Crippen LogP contribution in [-0.4, -0.2) is 30.1 Å². The number of fused-ring (bicyclic) bond motifs is 1. The second kappa shape index (κ2) is 4.89. The Bertz CT molecular complexity index is 668. The van der Waals surface area contributed by atoms with Crippen molar-refractivity contribution >= 4 is 22.6 Å². The molecule has 0 saturated heterocycles. The third kappa shape index (κ3) is 2.17. The smallest absolute Gasteiger partial charge is 0.338 e. The molecule has 0 atom stereocenters. The lowest BCUT2D eigenvalue weighted by molar-refractivity contribution is -0.383. The molecule has 2 aromatic rings. The fraction of sp³-hybridized carbons (Fsp3) is 0.167. The molecule has 1 heterocycles. The average molecular weight is 262 g/mol. The molecule has 19 heavy (non-hydrogen) atoms. The molecule has 0 N–H and O–H groups in total. The second-order valence-corrected chi connectivity index (χ2v) is 3.63. The highest BCUT2D eigenvalue weighted by Gasteiger charge is 2.20. The van der Waals surface area contributed by atoms with Crippen molar-refractivity contribution < 1.29 is 19.2 Å². The molecule has 98 valence electrons. The molecule has 7 nitrogen and oxygen atoms in total.